The third-order valence-corrected chi connectivity index (χ3v) is 1.79. The van der Waals surface area contributed by atoms with Gasteiger partial charge < -0.3 is 0 Å². The summed E-state index contributed by atoms with van der Waals surface area (Å²) in [6.45, 7) is 0.377. The summed E-state index contributed by atoms with van der Waals surface area (Å²) in [6, 6.07) is 0. The molecule has 1 aliphatic heterocycles. The zero-order chi connectivity index (χ0) is 4.62. The van der Waals surface area contributed by atoms with E-state index in [1.54, 1.807) is 0 Å². The molecule has 1 fully saturated rings. The van der Waals surface area contributed by atoms with Gasteiger partial charge in [-0.1, -0.05) is 0 Å². The number of hydrogen-bond acceptors (Lipinski definition) is 3. The molecule has 1 radical (unpaired) electrons. The minimum atomic E-state index is -2.98. The van der Waals surface area contributed by atoms with Crippen molar-refractivity contribution < 1.29 is 12.6 Å². The van der Waals surface area contributed by atoms with Gasteiger partial charge in [-0.25, -0.2) is 0 Å². The molecule has 0 bridgehead atoms. The van der Waals surface area contributed by atoms with Crippen molar-refractivity contribution in [3.05, 3.63) is 0 Å². The van der Waals surface area contributed by atoms with Crippen molar-refractivity contribution in [2.24, 2.45) is 0 Å². The van der Waals surface area contributed by atoms with Gasteiger partial charge in [-0.2, -0.15) is 8.42 Å². The first kappa shape index (κ1) is 7.91. The van der Waals surface area contributed by atoms with Gasteiger partial charge in [0.2, 0.25) is 0 Å². The summed E-state index contributed by atoms with van der Waals surface area (Å²) in [7, 11) is -2.98. The van der Waals surface area contributed by atoms with E-state index in [1.807, 2.05) is 0 Å². The molecule has 0 saturated carbocycles. The summed E-state index contributed by atoms with van der Waals surface area (Å²) in [4.78, 5) is 0. The predicted octanol–water partition coefficient (Wildman–Crippen LogP) is -1.03. The maximum Gasteiger partial charge on any atom is 0.269 e. The van der Waals surface area contributed by atoms with Crippen molar-refractivity contribution in [3.8, 4) is 0 Å². The Labute approximate surface area is 64.5 Å². The Morgan fingerprint density at radius 2 is 1.71 bits per heavy atom. The molecule has 0 aromatic heterocycles. The van der Waals surface area contributed by atoms with Crippen molar-refractivity contribution >= 4 is 39.7 Å². The monoisotopic (exact) mass is 131 g/mol. The molecule has 37 valence electrons. The van der Waals surface area contributed by atoms with Crippen molar-refractivity contribution in [2.45, 2.75) is 0 Å². The van der Waals surface area contributed by atoms with E-state index in [2.05, 4.69) is 4.18 Å². The molecule has 1 saturated heterocycles. The van der Waals surface area contributed by atoms with Crippen molar-refractivity contribution in [1.82, 2.24) is 0 Å². The molecule has 7 heavy (non-hydrogen) atoms. The van der Waals surface area contributed by atoms with Gasteiger partial charge in [0.05, 0.1) is 6.61 Å². The fourth-order valence-electron chi connectivity index (χ4n) is 0.219. The van der Waals surface area contributed by atoms with Crippen LogP contribution in [-0.4, -0.2) is 50.3 Å². The van der Waals surface area contributed by atoms with Crippen LogP contribution in [0.1, 0.15) is 0 Å². The van der Waals surface area contributed by atoms with Gasteiger partial charge in [0.15, 0.2) is 0 Å². The molecule has 0 unspecified atom stereocenters. The average Bonchev–Trinajstić information content (AvgIpc) is 1.32. The van der Waals surface area contributed by atoms with Crippen LogP contribution < -0.4 is 0 Å². The van der Waals surface area contributed by atoms with E-state index in [-0.39, 0.29) is 35.3 Å². The van der Waals surface area contributed by atoms with Crippen LogP contribution in [0.2, 0.25) is 0 Å². The van der Waals surface area contributed by atoms with Gasteiger partial charge in [0.25, 0.3) is 10.1 Å². The molecular formula is C2H4NaO3S. The number of rotatable bonds is 0. The largest absolute Gasteiger partial charge is 0.269 e. The Balaban J connectivity index is 0.000000360. The summed E-state index contributed by atoms with van der Waals surface area (Å²) in [5.41, 5.74) is 0. The van der Waals surface area contributed by atoms with Crippen molar-refractivity contribution in [2.75, 3.05) is 12.4 Å². The minimum absolute atomic E-state index is 0. The molecule has 0 amide bonds. The SMILES string of the molecule is O=S1(=O)CCO1.[Na]. The average molecular weight is 131 g/mol. The molecule has 0 aromatic carbocycles. The molecule has 0 aliphatic carbocycles. The van der Waals surface area contributed by atoms with Gasteiger partial charge in [0, 0.05) is 29.6 Å². The molecular weight excluding hydrogens is 127 g/mol. The maximum absolute atomic E-state index is 9.86. The summed E-state index contributed by atoms with van der Waals surface area (Å²) in [5, 5.41) is 0. The first-order chi connectivity index (χ1) is 2.71. The second-order valence-electron chi connectivity index (χ2n) is 1.08. The quantitative estimate of drug-likeness (QED) is 0.312. The fourth-order valence-corrected chi connectivity index (χ4v) is 0.658. The summed E-state index contributed by atoms with van der Waals surface area (Å²) in [5.74, 6) is 0.201. The van der Waals surface area contributed by atoms with Crippen LogP contribution in [0, 0.1) is 0 Å². The molecule has 3 nitrogen and oxygen atoms in total. The molecule has 1 aliphatic rings. The standard InChI is InChI=1S/C2H4O3S.Na/c3-6(4)2-1-5-6;/h1-2H2;. The van der Waals surface area contributed by atoms with Crippen LogP contribution in [0.4, 0.5) is 0 Å². The van der Waals surface area contributed by atoms with Gasteiger partial charge in [-0.15, -0.1) is 0 Å². The molecule has 0 aromatic rings. The van der Waals surface area contributed by atoms with E-state index in [9.17, 15) is 8.42 Å². The Hall–Kier alpha value is 0.910. The van der Waals surface area contributed by atoms with Crippen molar-refractivity contribution in [1.29, 1.82) is 0 Å². The Morgan fingerprint density at radius 3 is 1.71 bits per heavy atom. The van der Waals surface area contributed by atoms with E-state index in [0.717, 1.165) is 0 Å². The molecule has 0 spiro atoms. The van der Waals surface area contributed by atoms with Gasteiger partial charge in [-0.3, -0.25) is 4.18 Å². The maximum atomic E-state index is 9.86. The first-order valence-corrected chi connectivity index (χ1v) is 3.15. The van der Waals surface area contributed by atoms with E-state index >= 15 is 0 Å². The van der Waals surface area contributed by atoms with Gasteiger partial charge in [0.1, 0.15) is 5.75 Å². The molecule has 1 heterocycles. The molecule has 0 N–H and O–H groups in total. The third kappa shape index (κ3) is 2.10. The summed E-state index contributed by atoms with van der Waals surface area (Å²) >= 11 is 0. The topological polar surface area (TPSA) is 43.4 Å². The smallest absolute Gasteiger partial charge is 0.269 e. The normalized spacial score (nSPS) is 24.6. The van der Waals surface area contributed by atoms with E-state index in [1.165, 1.54) is 0 Å². The van der Waals surface area contributed by atoms with Crippen LogP contribution in [0.15, 0.2) is 0 Å². The fraction of sp³-hybridized carbons (Fsp3) is 1.00. The van der Waals surface area contributed by atoms with Gasteiger partial charge >= 0.3 is 0 Å². The van der Waals surface area contributed by atoms with Crippen LogP contribution >= 0.6 is 0 Å². The van der Waals surface area contributed by atoms with Gasteiger partial charge in [-0.05, 0) is 0 Å². The first-order valence-electron chi connectivity index (χ1n) is 1.58. The van der Waals surface area contributed by atoms with Crippen LogP contribution in [0.25, 0.3) is 0 Å². The second-order valence-corrected chi connectivity index (χ2v) is 2.84. The Morgan fingerprint density at radius 1 is 1.43 bits per heavy atom. The molecule has 0 atom stereocenters. The van der Waals surface area contributed by atoms with Crippen molar-refractivity contribution in [3.63, 3.8) is 0 Å². The predicted molar refractivity (Wildman–Crippen MR) is 25.5 cm³/mol. The molecule has 1 rings (SSSR count). The van der Waals surface area contributed by atoms with E-state index in [0.29, 0.717) is 6.61 Å². The Kier molecular flexibility index (Phi) is 2.78. The number of hydrogen-bond donors (Lipinski definition) is 0. The van der Waals surface area contributed by atoms with Crippen LogP contribution in [0.5, 0.6) is 0 Å². The zero-order valence-electron chi connectivity index (χ0n) is 4.05. The molecule has 5 heteroatoms. The second kappa shape index (κ2) is 2.46. The zero-order valence-corrected chi connectivity index (χ0v) is 6.86. The third-order valence-electron chi connectivity index (χ3n) is 0.596. The van der Waals surface area contributed by atoms with E-state index < -0.39 is 10.1 Å². The summed E-state index contributed by atoms with van der Waals surface area (Å²) < 4.78 is 23.8. The van der Waals surface area contributed by atoms with E-state index in [4.69, 9.17) is 0 Å². The Bertz CT molecular complexity index is 127. The minimum Gasteiger partial charge on any atom is -0.269 e. The summed E-state index contributed by atoms with van der Waals surface area (Å²) in [6.07, 6.45) is 0. The van der Waals surface area contributed by atoms with Crippen LogP contribution in [0.3, 0.4) is 0 Å². The van der Waals surface area contributed by atoms with Crippen LogP contribution in [-0.2, 0) is 14.3 Å².